The number of nitrogens with zero attached hydrogens (tertiary/aromatic N) is 1. The number of thioether (sulfide) groups is 1. The zero-order valence-corrected chi connectivity index (χ0v) is 16.1. The van der Waals surface area contributed by atoms with Gasteiger partial charge in [-0.2, -0.15) is 0 Å². The van der Waals surface area contributed by atoms with Crippen molar-refractivity contribution in [1.82, 2.24) is 10.2 Å². The predicted octanol–water partition coefficient (Wildman–Crippen LogP) is 3.85. The van der Waals surface area contributed by atoms with Crippen LogP contribution in [0.4, 0.5) is 9.18 Å². The molecule has 0 saturated carbocycles. The fourth-order valence-corrected chi connectivity index (χ4v) is 3.54. The molecular weight excluding hydrogens is 379 g/mol. The molecule has 0 unspecified atom stereocenters. The van der Waals surface area contributed by atoms with Crippen molar-refractivity contribution in [3.8, 4) is 0 Å². The number of hydrogen-bond donors (Lipinski definition) is 1. The van der Waals surface area contributed by atoms with Crippen molar-refractivity contribution in [3.05, 3.63) is 75.9 Å². The van der Waals surface area contributed by atoms with Crippen LogP contribution < -0.4 is 5.32 Å². The van der Waals surface area contributed by atoms with Crippen molar-refractivity contribution in [1.29, 1.82) is 0 Å². The molecule has 1 saturated heterocycles. The summed E-state index contributed by atoms with van der Waals surface area (Å²) in [6, 6.07) is 12.9. The number of imide groups is 1. The second-order valence-corrected chi connectivity index (χ2v) is 7.18. The zero-order valence-electron chi connectivity index (χ0n) is 15.3. The maximum absolute atomic E-state index is 13.0. The summed E-state index contributed by atoms with van der Waals surface area (Å²) in [6.45, 7) is 2.29. The minimum Gasteiger partial charge on any atom is -0.350 e. The highest BCUT2D eigenvalue weighted by atomic mass is 32.2. The molecule has 3 rings (SSSR count). The molecule has 0 radical (unpaired) electrons. The third-order valence-corrected chi connectivity index (χ3v) is 5.19. The van der Waals surface area contributed by atoms with Gasteiger partial charge in [-0.25, -0.2) is 4.39 Å². The lowest BCUT2D eigenvalue weighted by Crippen LogP contribution is -2.37. The number of benzene rings is 2. The van der Waals surface area contributed by atoms with Gasteiger partial charge in [0.2, 0.25) is 0 Å². The maximum atomic E-state index is 13.0. The van der Waals surface area contributed by atoms with Crippen molar-refractivity contribution in [3.63, 3.8) is 0 Å². The van der Waals surface area contributed by atoms with Gasteiger partial charge in [-0.3, -0.25) is 19.3 Å². The molecular formula is C21H19FN2O3S. The minimum atomic E-state index is -0.416. The Morgan fingerprint density at radius 1 is 1.11 bits per heavy atom. The van der Waals surface area contributed by atoms with Gasteiger partial charge >= 0.3 is 0 Å². The summed E-state index contributed by atoms with van der Waals surface area (Å²) in [5.41, 5.74) is 2.31. The second kappa shape index (κ2) is 8.84. The predicted molar refractivity (Wildman–Crippen MR) is 107 cm³/mol. The second-order valence-electron chi connectivity index (χ2n) is 6.19. The molecule has 1 aliphatic heterocycles. The molecule has 1 fully saturated rings. The van der Waals surface area contributed by atoms with E-state index < -0.39 is 5.91 Å². The molecule has 3 amide bonds. The number of nitrogens with one attached hydrogen (secondary N) is 1. The summed E-state index contributed by atoms with van der Waals surface area (Å²) >= 11 is 0.832. The van der Waals surface area contributed by atoms with Gasteiger partial charge in [0.25, 0.3) is 17.1 Å². The summed E-state index contributed by atoms with van der Waals surface area (Å²) in [6.07, 6.45) is 2.45. The first-order valence-electron chi connectivity index (χ1n) is 8.86. The Balaban J connectivity index is 1.57. The summed E-state index contributed by atoms with van der Waals surface area (Å²) < 4.78 is 13.0. The largest absolute Gasteiger partial charge is 0.350 e. The first kappa shape index (κ1) is 19.8. The Kier molecular flexibility index (Phi) is 6.26. The Morgan fingerprint density at radius 2 is 1.79 bits per heavy atom. The Bertz CT molecular complexity index is 924. The fraction of sp³-hybridized carbons (Fsp3) is 0.190. The third kappa shape index (κ3) is 4.67. The van der Waals surface area contributed by atoms with Crippen LogP contribution >= 0.6 is 11.8 Å². The normalized spacial score (nSPS) is 15.4. The Hall–Kier alpha value is -2.93. The molecule has 1 N–H and O–H groups in total. The van der Waals surface area contributed by atoms with Crippen LogP contribution in [0.3, 0.4) is 0 Å². The van der Waals surface area contributed by atoms with Gasteiger partial charge in [-0.05, 0) is 59.7 Å². The number of hydrogen-bond acceptors (Lipinski definition) is 4. The van der Waals surface area contributed by atoms with E-state index in [2.05, 4.69) is 5.32 Å². The molecule has 1 heterocycles. The highest BCUT2D eigenvalue weighted by Gasteiger charge is 2.34. The Labute approximate surface area is 166 Å². The topological polar surface area (TPSA) is 66.5 Å². The van der Waals surface area contributed by atoms with E-state index in [0.29, 0.717) is 11.1 Å². The fourth-order valence-electron chi connectivity index (χ4n) is 2.68. The van der Waals surface area contributed by atoms with Crippen LogP contribution in [-0.4, -0.2) is 35.0 Å². The number of rotatable bonds is 6. The first-order valence-corrected chi connectivity index (χ1v) is 9.67. The Morgan fingerprint density at radius 3 is 2.43 bits per heavy atom. The molecule has 1 aliphatic rings. The molecule has 2 aromatic carbocycles. The van der Waals surface area contributed by atoms with Crippen LogP contribution in [0.2, 0.25) is 0 Å². The van der Waals surface area contributed by atoms with Crippen LogP contribution in [0.1, 0.15) is 28.4 Å². The molecule has 5 nitrogen and oxygen atoms in total. The average Bonchev–Trinajstić information content (AvgIpc) is 2.97. The molecule has 0 aliphatic carbocycles. The van der Waals surface area contributed by atoms with E-state index in [1.165, 1.54) is 24.3 Å². The van der Waals surface area contributed by atoms with E-state index in [1.54, 1.807) is 18.2 Å². The molecule has 7 heteroatoms. The van der Waals surface area contributed by atoms with Crippen molar-refractivity contribution in [2.45, 2.75) is 13.3 Å². The SMILES string of the molecule is CCc1ccc(C(=O)NCCN2C(=O)S/C(=C/c3ccc(F)cc3)C2=O)cc1. The minimum absolute atomic E-state index is 0.0875. The maximum Gasteiger partial charge on any atom is 0.293 e. The summed E-state index contributed by atoms with van der Waals surface area (Å²) in [5.74, 6) is -1.04. The first-order chi connectivity index (χ1) is 13.5. The molecule has 144 valence electrons. The number of amides is 3. The number of aryl methyl sites for hydroxylation is 1. The van der Waals surface area contributed by atoms with E-state index in [0.717, 1.165) is 28.6 Å². The van der Waals surface area contributed by atoms with Gasteiger partial charge in [-0.15, -0.1) is 0 Å². The zero-order chi connectivity index (χ0) is 20.1. The lowest BCUT2D eigenvalue weighted by molar-refractivity contribution is -0.122. The number of halogens is 1. The van der Waals surface area contributed by atoms with E-state index in [-0.39, 0.29) is 35.0 Å². The average molecular weight is 398 g/mol. The van der Waals surface area contributed by atoms with Crippen molar-refractivity contribution in [2.75, 3.05) is 13.1 Å². The van der Waals surface area contributed by atoms with Crippen LogP contribution in [-0.2, 0) is 11.2 Å². The summed E-state index contributed by atoms with van der Waals surface area (Å²) in [5, 5.41) is 2.33. The third-order valence-electron chi connectivity index (χ3n) is 4.29. The highest BCUT2D eigenvalue weighted by Crippen LogP contribution is 2.31. The van der Waals surface area contributed by atoms with Crippen molar-refractivity contribution < 1.29 is 18.8 Å². The lowest BCUT2D eigenvalue weighted by atomic mass is 10.1. The van der Waals surface area contributed by atoms with E-state index in [9.17, 15) is 18.8 Å². The molecule has 0 bridgehead atoms. The van der Waals surface area contributed by atoms with E-state index in [4.69, 9.17) is 0 Å². The van der Waals surface area contributed by atoms with Gasteiger partial charge in [-0.1, -0.05) is 31.2 Å². The molecule has 28 heavy (non-hydrogen) atoms. The number of carbonyl (C=O) groups excluding carboxylic acids is 3. The van der Waals surface area contributed by atoms with E-state index in [1.807, 2.05) is 19.1 Å². The van der Waals surface area contributed by atoms with Crippen LogP contribution in [0.5, 0.6) is 0 Å². The monoisotopic (exact) mass is 398 g/mol. The van der Waals surface area contributed by atoms with Gasteiger partial charge in [0.15, 0.2) is 0 Å². The van der Waals surface area contributed by atoms with Gasteiger partial charge in [0, 0.05) is 18.7 Å². The molecule has 2 aromatic rings. The lowest BCUT2D eigenvalue weighted by Gasteiger charge is -2.13. The van der Waals surface area contributed by atoms with Gasteiger partial charge in [0.05, 0.1) is 4.91 Å². The van der Waals surface area contributed by atoms with Crippen LogP contribution in [0.25, 0.3) is 6.08 Å². The van der Waals surface area contributed by atoms with Gasteiger partial charge in [0.1, 0.15) is 5.82 Å². The summed E-state index contributed by atoms with van der Waals surface area (Å²) in [4.78, 5) is 38.1. The van der Waals surface area contributed by atoms with Crippen LogP contribution in [0, 0.1) is 5.82 Å². The molecule has 0 aromatic heterocycles. The summed E-state index contributed by atoms with van der Waals surface area (Å²) in [7, 11) is 0. The van der Waals surface area contributed by atoms with E-state index >= 15 is 0 Å². The molecule has 0 atom stereocenters. The molecule has 0 spiro atoms. The number of carbonyl (C=O) groups is 3. The van der Waals surface area contributed by atoms with Crippen LogP contribution in [0.15, 0.2) is 53.4 Å². The van der Waals surface area contributed by atoms with Crippen molar-refractivity contribution in [2.24, 2.45) is 0 Å². The quantitative estimate of drug-likeness (QED) is 0.751. The highest BCUT2D eigenvalue weighted by molar-refractivity contribution is 8.18. The smallest absolute Gasteiger partial charge is 0.293 e. The van der Waals surface area contributed by atoms with Gasteiger partial charge < -0.3 is 5.32 Å². The standard InChI is InChI=1S/C21H19FN2O3S/c1-2-14-3-7-16(8-4-14)19(25)23-11-12-24-20(26)18(28-21(24)27)13-15-5-9-17(22)10-6-15/h3-10,13H,2,11-12H2,1H3,(H,23,25)/b18-13+. The van der Waals surface area contributed by atoms with Crippen molar-refractivity contribution >= 4 is 34.9 Å².